The van der Waals surface area contributed by atoms with Gasteiger partial charge in [0.2, 0.25) is 5.91 Å². The van der Waals surface area contributed by atoms with E-state index in [0.29, 0.717) is 33.3 Å². The number of hydrogen-bond donors (Lipinski definition) is 2. The summed E-state index contributed by atoms with van der Waals surface area (Å²) in [5, 5.41) is 12.8. The molecule has 1 aromatic rings. The van der Waals surface area contributed by atoms with Gasteiger partial charge in [0.1, 0.15) is 0 Å². The van der Waals surface area contributed by atoms with Crippen LogP contribution in [-0.4, -0.2) is 41.7 Å². The Bertz CT molecular complexity index is 498. The fourth-order valence-electron chi connectivity index (χ4n) is 2.30. The molecule has 1 fully saturated rings. The van der Waals surface area contributed by atoms with Crippen molar-refractivity contribution in [2.24, 2.45) is 0 Å². The third-order valence-corrected chi connectivity index (χ3v) is 4.41. The van der Waals surface area contributed by atoms with Crippen molar-refractivity contribution in [3.05, 3.63) is 27.2 Å². The summed E-state index contributed by atoms with van der Waals surface area (Å²) in [7, 11) is 0. The van der Waals surface area contributed by atoms with Gasteiger partial charge in [-0.3, -0.25) is 9.69 Å². The summed E-state index contributed by atoms with van der Waals surface area (Å²) in [6.45, 7) is 0.729. The molecule has 1 aliphatic rings. The van der Waals surface area contributed by atoms with E-state index in [4.69, 9.17) is 39.9 Å². The zero-order valence-corrected chi connectivity index (χ0v) is 13.7. The topological polar surface area (TPSA) is 52.6 Å². The Labute approximate surface area is 139 Å². The number of carbonyl (C=O) groups is 1. The highest BCUT2D eigenvalue weighted by Gasteiger charge is 2.26. The van der Waals surface area contributed by atoms with Crippen LogP contribution in [0.3, 0.4) is 0 Å². The van der Waals surface area contributed by atoms with Crippen molar-refractivity contribution in [1.82, 2.24) is 4.90 Å². The number of rotatable bonds is 6. The van der Waals surface area contributed by atoms with Gasteiger partial charge in [-0.2, -0.15) is 0 Å². The second kappa shape index (κ2) is 7.65. The van der Waals surface area contributed by atoms with Gasteiger partial charge in [-0.1, -0.05) is 41.2 Å². The molecule has 4 nitrogen and oxygen atoms in total. The van der Waals surface area contributed by atoms with Crippen LogP contribution in [0.1, 0.15) is 19.3 Å². The minimum atomic E-state index is -0.207. The first-order valence-corrected chi connectivity index (χ1v) is 7.94. The molecule has 0 atom stereocenters. The third kappa shape index (κ3) is 4.47. The van der Waals surface area contributed by atoms with Gasteiger partial charge in [0.05, 0.1) is 28.9 Å². The molecule has 1 amide bonds. The molecule has 0 bridgehead atoms. The number of benzene rings is 1. The van der Waals surface area contributed by atoms with Gasteiger partial charge in [0, 0.05) is 17.6 Å². The molecule has 0 radical (unpaired) electrons. The van der Waals surface area contributed by atoms with Gasteiger partial charge in [-0.05, 0) is 25.0 Å². The van der Waals surface area contributed by atoms with Gasteiger partial charge in [-0.15, -0.1) is 0 Å². The first kappa shape index (κ1) is 16.8. The number of nitrogens with zero attached hydrogens (tertiary/aromatic N) is 1. The Kier molecular flexibility index (Phi) is 6.14. The van der Waals surface area contributed by atoms with Gasteiger partial charge < -0.3 is 10.4 Å². The minimum Gasteiger partial charge on any atom is -0.395 e. The molecule has 7 heteroatoms. The van der Waals surface area contributed by atoms with Crippen molar-refractivity contribution in [2.75, 3.05) is 25.0 Å². The van der Waals surface area contributed by atoms with Crippen LogP contribution in [0.4, 0.5) is 5.69 Å². The normalized spacial score (nSPS) is 15.1. The molecule has 0 unspecified atom stereocenters. The zero-order chi connectivity index (χ0) is 15.4. The van der Waals surface area contributed by atoms with Gasteiger partial charge in [-0.25, -0.2) is 0 Å². The predicted molar refractivity (Wildman–Crippen MR) is 86.4 cm³/mol. The van der Waals surface area contributed by atoms with Crippen LogP contribution in [0, 0.1) is 0 Å². The lowest BCUT2D eigenvalue weighted by Crippen LogP contribution is -2.45. The van der Waals surface area contributed by atoms with Crippen LogP contribution in [0.25, 0.3) is 0 Å². The summed E-state index contributed by atoms with van der Waals surface area (Å²) in [6.07, 6.45) is 3.30. The molecule has 0 aliphatic heterocycles. The van der Waals surface area contributed by atoms with Crippen molar-refractivity contribution in [3.8, 4) is 0 Å². The quantitative estimate of drug-likeness (QED) is 0.825. The largest absolute Gasteiger partial charge is 0.395 e. The molecule has 0 heterocycles. The van der Waals surface area contributed by atoms with E-state index < -0.39 is 0 Å². The molecule has 116 valence electrons. The third-order valence-electron chi connectivity index (χ3n) is 3.60. The Morgan fingerprint density at radius 3 is 2.38 bits per heavy atom. The molecular weight excluding hydrogens is 335 g/mol. The van der Waals surface area contributed by atoms with Crippen molar-refractivity contribution in [3.63, 3.8) is 0 Å². The smallest absolute Gasteiger partial charge is 0.238 e. The molecule has 21 heavy (non-hydrogen) atoms. The van der Waals surface area contributed by atoms with Crippen LogP contribution in [-0.2, 0) is 4.79 Å². The number of aliphatic hydroxyl groups excluding tert-OH is 1. The predicted octanol–water partition coefficient (Wildman–Crippen LogP) is 3.43. The monoisotopic (exact) mass is 350 g/mol. The van der Waals surface area contributed by atoms with Crippen LogP contribution in [0.15, 0.2) is 12.1 Å². The highest BCUT2D eigenvalue weighted by Crippen LogP contribution is 2.33. The van der Waals surface area contributed by atoms with E-state index in [1.807, 2.05) is 4.90 Å². The standard InChI is InChI=1S/C14H17Cl3N2O2/c15-9-6-11(16)14(12(17)7-9)18-13(21)8-19(4-5-20)10-2-1-3-10/h6-7,10,20H,1-5,8H2,(H,18,21). The summed E-state index contributed by atoms with van der Waals surface area (Å²) >= 11 is 17.9. The van der Waals surface area contributed by atoms with Crippen LogP contribution < -0.4 is 5.32 Å². The Morgan fingerprint density at radius 1 is 1.29 bits per heavy atom. The zero-order valence-electron chi connectivity index (χ0n) is 11.4. The maximum atomic E-state index is 12.1. The fourth-order valence-corrected chi connectivity index (χ4v) is 3.21. The van der Waals surface area contributed by atoms with E-state index in [2.05, 4.69) is 5.32 Å². The average molecular weight is 352 g/mol. The lowest BCUT2D eigenvalue weighted by atomic mass is 9.91. The summed E-state index contributed by atoms with van der Waals surface area (Å²) in [6, 6.07) is 3.43. The maximum Gasteiger partial charge on any atom is 0.238 e. The molecule has 1 saturated carbocycles. The van der Waals surface area contributed by atoms with Crippen molar-refractivity contribution >= 4 is 46.4 Å². The van der Waals surface area contributed by atoms with Crippen molar-refractivity contribution < 1.29 is 9.90 Å². The van der Waals surface area contributed by atoms with E-state index in [1.165, 1.54) is 18.6 Å². The van der Waals surface area contributed by atoms with Crippen LogP contribution in [0.5, 0.6) is 0 Å². The molecule has 1 aliphatic carbocycles. The lowest BCUT2D eigenvalue weighted by molar-refractivity contribution is -0.118. The number of amides is 1. The lowest BCUT2D eigenvalue weighted by Gasteiger charge is -2.36. The highest BCUT2D eigenvalue weighted by atomic mass is 35.5. The number of nitrogens with one attached hydrogen (secondary N) is 1. The number of carbonyl (C=O) groups excluding carboxylic acids is 1. The molecule has 1 aromatic carbocycles. The summed E-state index contributed by atoms with van der Waals surface area (Å²) in [5.74, 6) is -0.207. The number of hydrogen-bond acceptors (Lipinski definition) is 3. The Balaban J connectivity index is 2.00. The molecule has 0 saturated heterocycles. The van der Waals surface area contributed by atoms with Gasteiger partial charge in [0.15, 0.2) is 0 Å². The molecule has 2 rings (SSSR count). The highest BCUT2D eigenvalue weighted by molar-refractivity contribution is 6.42. The van der Waals surface area contributed by atoms with Crippen LogP contribution in [0.2, 0.25) is 15.1 Å². The molecule has 0 spiro atoms. The van der Waals surface area contributed by atoms with E-state index in [-0.39, 0.29) is 19.1 Å². The van der Waals surface area contributed by atoms with Crippen molar-refractivity contribution in [1.29, 1.82) is 0 Å². The average Bonchev–Trinajstić information content (AvgIpc) is 2.31. The molecular formula is C14H17Cl3N2O2. The second-order valence-corrected chi connectivity index (χ2v) is 6.32. The first-order valence-electron chi connectivity index (χ1n) is 6.80. The number of anilines is 1. The molecule has 0 aromatic heterocycles. The molecule has 2 N–H and O–H groups in total. The summed E-state index contributed by atoms with van der Waals surface area (Å²) < 4.78 is 0. The first-order chi connectivity index (χ1) is 10.0. The van der Waals surface area contributed by atoms with Gasteiger partial charge >= 0.3 is 0 Å². The Hall–Kier alpha value is -0.520. The summed E-state index contributed by atoms with van der Waals surface area (Å²) in [5.41, 5.74) is 0.366. The number of aliphatic hydroxyl groups is 1. The number of halogens is 3. The maximum absolute atomic E-state index is 12.1. The van der Waals surface area contributed by atoms with Gasteiger partial charge in [0.25, 0.3) is 0 Å². The van der Waals surface area contributed by atoms with E-state index >= 15 is 0 Å². The SMILES string of the molecule is O=C(CN(CCO)C1CCC1)Nc1c(Cl)cc(Cl)cc1Cl. The van der Waals surface area contributed by atoms with E-state index in [1.54, 1.807) is 0 Å². The van der Waals surface area contributed by atoms with Crippen LogP contribution >= 0.6 is 34.8 Å². The van der Waals surface area contributed by atoms with E-state index in [0.717, 1.165) is 12.8 Å². The second-order valence-electron chi connectivity index (χ2n) is 5.07. The Morgan fingerprint density at radius 2 is 1.90 bits per heavy atom. The fraction of sp³-hybridized carbons (Fsp3) is 0.500. The van der Waals surface area contributed by atoms with E-state index in [9.17, 15) is 4.79 Å². The summed E-state index contributed by atoms with van der Waals surface area (Å²) in [4.78, 5) is 14.1. The van der Waals surface area contributed by atoms with Crippen molar-refractivity contribution in [2.45, 2.75) is 25.3 Å². The minimum absolute atomic E-state index is 0.0340.